The summed E-state index contributed by atoms with van der Waals surface area (Å²) >= 11 is 1.63. The van der Waals surface area contributed by atoms with Crippen LogP contribution in [0.1, 0.15) is 50.5 Å². The number of rotatable bonds is 8. The van der Waals surface area contributed by atoms with E-state index < -0.39 is 0 Å². The van der Waals surface area contributed by atoms with E-state index in [1.54, 1.807) is 17.6 Å². The zero-order valence-corrected chi connectivity index (χ0v) is 19.6. The second-order valence-corrected chi connectivity index (χ2v) is 9.34. The summed E-state index contributed by atoms with van der Waals surface area (Å²) < 4.78 is 11.2. The number of ether oxygens (including phenoxy) is 1. The van der Waals surface area contributed by atoms with Crippen molar-refractivity contribution in [2.75, 3.05) is 0 Å². The Labute approximate surface area is 203 Å². The molecule has 0 saturated heterocycles. The molecule has 1 aliphatic rings. The van der Waals surface area contributed by atoms with E-state index in [2.05, 4.69) is 5.32 Å². The molecule has 0 bridgehead atoms. The van der Waals surface area contributed by atoms with Crippen molar-refractivity contribution in [3.8, 4) is 5.75 Å². The summed E-state index contributed by atoms with van der Waals surface area (Å²) in [5, 5.41) is 3.77. The summed E-state index contributed by atoms with van der Waals surface area (Å²) in [7, 11) is 0. The second kappa shape index (κ2) is 10.5. The molecule has 0 spiro atoms. The predicted molar refractivity (Wildman–Crippen MR) is 135 cm³/mol. The van der Waals surface area contributed by atoms with E-state index in [4.69, 9.17) is 14.1 Å². The molecule has 0 unspecified atom stereocenters. The van der Waals surface area contributed by atoms with E-state index >= 15 is 0 Å². The van der Waals surface area contributed by atoms with Crippen LogP contribution in [0.2, 0.25) is 0 Å². The number of aliphatic imine (C=N–C) groups is 1. The number of nitrogens with zero attached hydrogens (tertiary/aromatic N) is 1. The lowest BCUT2D eigenvalue weighted by Gasteiger charge is -2.12. The number of hydrogen-bond acceptors (Lipinski definition) is 5. The predicted octanol–water partition coefficient (Wildman–Crippen LogP) is 6.48. The molecule has 0 saturated carbocycles. The Morgan fingerprint density at radius 3 is 2.65 bits per heavy atom. The van der Waals surface area contributed by atoms with E-state index in [0.29, 0.717) is 18.7 Å². The quantitative estimate of drug-likeness (QED) is 0.300. The van der Waals surface area contributed by atoms with Gasteiger partial charge in [-0.2, -0.15) is 0 Å². The van der Waals surface area contributed by atoms with E-state index in [1.807, 2.05) is 72.9 Å². The summed E-state index contributed by atoms with van der Waals surface area (Å²) in [6, 6.07) is 21.6. The summed E-state index contributed by atoms with van der Waals surface area (Å²) in [5.41, 5.74) is 3.96. The monoisotopic (exact) mass is 470 g/mol. The largest absolute Gasteiger partial charge is 0.489 e. The highest BCUT2D eigenvalue weighted by Crippen LogP contribution is 2.39. The lowest BCUT2D eigenvalue weighted by molar-refractivity contribution is 0.0948. The summed E-state index contributed by atoms with van der Waals surface area (Å²) in [5.74, 6) is 1.45. The fourth-order valence-electron chi connectivity index (χ4n) is 4.07. The highest BCUT2D eigenvalue weighted by atomic mass is 32.1. The maximum absolute atomic E-state index is 13.1. The van der Waals surface area contributed by atoms with Crippen LogP contribution in [-0.4, -0.2) is 12.1 Å². The Kier molecular flexibility index (Phi) is 6.86. The van der Waals surface area contributed by atoms with Gasteiger partial charge in [0.1, 0.15) is 23.1 Å². The Balaban J connectivity index is 1.29. The lowest BCUT2D eigenvalue weighted by Crippen LogP contribution is -2.23. The van der Waals surface area contributed by atoms with Gasteiger partial charge in [-0.05, 0) is 78.8 Å². The molecule has 1 aliphatic carbocycles. The van der Waals surface area contributed by atoms with E-state index in [-0.39, 0.29) is 5.91 Å². The van der Waals surface area contributed by atoms with Crippen LogP contribution in [0.25, 0.3) is 0 Å². The van der Waals surface area contributed by atoms with Crippen molar-refractivity contribution in [1.29, 1.82) is 0 Å². The molecule has 172 valence electrons. The van der Waals surface area contributed by atoms with E-state index in [0.717, 1.165) is 58.9 Å². The number of furan rings is 1. The fraction of sp³-hybridized carbons (Fsp3) is 0.214. The highest BCUT2D eigenvalue weighted by Gasteiger charge is 2.25. The first-order valence-corrected chi connectivity index (χ1v) is 12.3. The number of nitrogens with one attached hydrogen (secondary N) is 1. The lowest BCUT2D eigenvalue weighted by atomic mass is 9.95. The van der Waals surface area contributed by atoms with Gasteiger partial charge in [-0.1, -0.05) is 30.3 Å². The van der Waals surface area contributed by atoms with Gasteiger partial charge in [0.15, 0.2) is 0 Å². The third-order valence-corrected chi connectivity index (χ3v) is 7.04. The average Bonchev–Trinajstić information content (AvgIpc) is 3.54. The summed E-state index contributed by atoms with van der Waals surface area (Å²) in [6.07, 6.45) is 7.65. The first kappa shape index (κ1) is 22.2. The Morgan fingerprint density at radius 2 is 1.85 bits per heavy atom. The van der Waals surface area contributed by atoms with Crippen LogP contribution in [0, 0.1) is 0 Å². The van der Waals surface area contributed by atoms with Gasteiger partial charge in [0.25, 0.3) is 5.91 Å². The van der Waals surface area contributed by atoms with Gasteiger partial charge in [0.2, 0.25) is 0 Å². The molecule has 0 aliphatic heterocycles. The molecular weight excluding hydrogens is 444 g/mol. The topological polar surface area (TPSA) is 63.8 Å². The number of fused-ring (bicyclic) bond motifs is 1. The van der Waals surface area contributed by atoms with Gasteiger partial charge >= 0.3 is 0 Å². The third-order valence-electron chi connectivity index (χ3n) is 5.84. The van der Waals surface area contributed by atoms with Gasteiger partial charge < -0.3 is 14.5 Å². The molecule has 2 aromatic heterocycles. The van der Waals surface area contributed by atoms with Crippen molar-refractivity contribution in [3.63, 3.8) is 0 Å². The minimum absolute atomic E-state index is 0.0902. The van der Waals surface area contributed by atoms with Crippen molar-refractivity contribution >= 4 is 28.5 Å². The molecule has 34 heavy (non-hydrogen) atoms. The molecular formula is C28H26N2O3S. The molecule has 2 heterocycles. The summed E-state index contributed by atoms with van der Waals surface area (Å²) in [4.78, 5) is 19.1. The molecule has 1 N–H and O–H groups in total. The third kappa shape index (κ3) is 5.29. The van der Waals surface area contributed by atoms with Gasteiger partial charge in [-0.3, -0.25) is 4.79 Å². The molecule has 5 rings (SSSR count). The van der Waals surface area contributed by atoms with E-state index in [1.165, 1.54) is 4.88 Å². The number of carbonyl (C=O) groups is 1. The average molecular weight is 471 g/mol. The zero-order valence-electron chi connectivity index (χ0n) is 18.8. The molecule has 6 heteroatoms. The normalized spacial score (nSPS) is 13.1. The van der Waals surface area contributed by atoms with Crippen molar-refractivity contribution < 1.29 is 13.9 Å². The first-order valence-electron chi connectivity index (χ1n) is 11.5. The molecule has 0 radical (unpaired) electrons. The minimum atomic E-state index is -0.0902. The van der Waals surface area contributed by atoms with Crippen LogP contribution in [0.4, 0.5) is 5.00 Å². The zero-order chi connectivity index (χ0) is 23.2. The van der Waals surface area contributed by atoms with Crippen molar-refractivity contribution in [2.24, 2.45) is 4.99 Å². The summed E-state index contributed by atoms with van der Waals surface area (Å²) in [6.45, 7) is 0.898. The SMILES string of the molecule is O=C(NCc1ccco1)c1c(N=Cc2ccc(OCc3ccccc3)cc2)sc2c1CCCC2. The number of carbonyl (C=O) groups excluding carboxylic acids is 1. The van der Waals surface area contributed by atoms with Crippen molar-refractivity contribution in [3.05, 3.63) is 106 Å². The Hall–Kier alpha value is -3.64. The molecule has 1 amide bonds. The van der Waals surface area contributed by atoms with Crippen molar-refractivity contribution in [2.45, 2.75) is 38.8 Å². The number of aryl methyl sites for hydroxylation is 1. The number of thiophene rings is 1. The van der Waals surface area contributed by atoms with Crippen LogP contribution >= 0.6 is 11.3 Å². The fourth-order valence-corrected chi connectivity index (χ4v) is 5.30. The van der Waals surface area contributed by atoms with Crippen LogP contribution in [0.3, 0.4) is 0 Å². The number of hydrogen-bond donors (Lipinski definition) is 1. The van der Waals surface area contributed by atoms with Gasteiger partial charge in [-0.25, -0.2) is 4.99 Å². The maximum Gasteiger partial charge on any atom is 0.255 e. The maximum atomic E-state index is 13.1. The van der Waals surface area contributed by atoms with Crippen LogP contribution in [0.15, 0.2) is 82.4 Å². The second-order valence-electron chi connectivity index (χ2n) is 8.25. The minimum Gasteiger partial charge on any atom is -0.489 e. The van der Waals surface area contributed by atoms with Gasteiger partial charge in [-0.15, -0.1) is 11.3 Å². The molecule has 0 fully saturated rings. The molecule has 5 nitrogen and oxygen atoms in total. The van der Waals surface area contributed by atoms with Crippen LogP contribution in [0.5, 0.6) is 5.75 Å². The molecule has 2 aromatic carbocycles. The Bertz CT molecular complexity index is 1260. The number of amides is 1. The van der Waals surface area contributed by atoms with Crippen LogP contribution < -0.4 is 10.1 Å². The Morgan fingerprint density at radius 1 is 1.03 bits per heavy atom. The number of benzene rings is 2. The standard InChI is InChI=1S/C28H26N2O3S/c31-27(29-18-23-9-6-16-32-23)26-24-10-4-5-11-25(24)34-28(26)30-17-20-12-14-22(15-13-20)33-19-21-7-2-1-3-8-21/h1-3,6-9,12-17H,4-5,10-11,18-19H2,(H,29,31). The van der Waals surface area contributed by atoms with Gasteiger partial charge in [0.05, 0.1) is 18.4 Å². The first-order chi connectivity index (χ1) is 16.8. The van der Waals surface area contributed by atoms with E-state index in [9.17, 15) is 4.79 Å². The van der Waals surface area contributed by atoms with Crippen molar-refractivity contribution in [1.82, 2.24) is 5.32 Å². The smallest absolute Gasteiger partial charge is 0.255 e. The van der Waals surface area contributed by atoms with Crippen LogP contribution in [-0.2, 0) is 26.0 Å². The highest BCUT2D eigenvalue weighted by molar-refractivity contribution is 7.16. The van der Waals surface area contributed by atoms with Gasteiger partial charge in [0, 0.05) is 11.1 Å². The molecule has 0 atom stereocenters. The molecule has 4 aromatic rings.